The van der Waals surface area contributed by atoms with E-state index in [1.165, 1.54) is 0 Å². The molecule has 10 N–H and O–H groups in total. The van der Waals surface area contributed by atoms with Crippen molar-refractivity contribution in [3.05, 3.63) is 121 Å². The van der Waals surface area contributed by atoms with E-state index in [1.54, 1.807) is 97.1 Å². The third kappa shape index (κ3) is 8.77. The maximum absolute atomic E-state index is 9.69. The summed E-state index contributed by atoms with van der Waals surface area (Å²) >= 11 is 0. The number of aromatic hydroxyl groups is 4. The van der Waals surface area contributed by atoms with Crippen LogP contribution in [-0.4, -0.2) is 50.3 Å². The average molecular weight is 695 g/mol. The van der Waals surface area contributed by atoms with Gasteiger partial charge in [0.1, 0.15) is 23.0 Å². The summed E-state index contributed by atoms with van der Waals surface area (Å²) in [6.07, 6.45) is 0. The Kier molecular flexibility index (Phi) is 9.24. The maximum Gasteiger partial charge on any atom is 0.233 e. The standard InChI is InChI=1S/C36H30N12O4/c49-27-12-4-21(5-13-27)37-31-43-32(38-22-6-14-28(50)15-7-22)46-35(45-31)41-25-2-1-3-26(20-25)42-36-47-33(39-23-8-16-29(51)17-9-23)44-34(48-36)40-24-10-18-30(52)19-11-24/h1-20,49-52H,(H3,37,38,41,43,45,46)(H3,39,40,42,44,47,48). The number of benzene rings is 5. The van der Waals surface area contributed by atoms with E-state index in [4.69, 9.17) is 0 Å². The van der Waals surface area contributed by atoms with Crippen molar-refractivity contribution in [1.29, 1.82) is 0 Å². The van der Waals surface area contributed by atoms with Gasteiger partial charge in [-0.3, -0.25) is 0 Å². The zero-order valence-corrected chi connectivity index (χ0v) is 27.0. The van der Waals surface area contributed by atoms with Crippen molar-refractivity contribution < 1.29 is 20.4 Å². The molecule has 0 aliphatic carbocycles. The lowest BCUT2D eigenvalue weighted by atomic mass is 10.3. The summed E-state index contributed by atoms with van der Waals surface area (Å²) < 4.78 is 0. The molecule has 2 heterocycles. The summed E-state index contributed by atoms with van der Waals surface area (Å²) in [4.78, 5) is 27.1. The van der Waals surface area contributed by atoms with Crippen molar-refractivity contribution in [1.82, 2.24) is 29.9 Å². The van der Waals surface area contributed by atoms with E-state index >= 15 is 0 Å². The minimum atomic E-state index is 0.124. The summed E-state index contributed by atoms with van der Waals surface area (Å²) in [5.41, 5.74) is 3.84. The van der Waals surface area contributed by atoms with Crippen LogP contribution in [0.2, 0.25) is 0 Å². The molecule has 52 heavy (non-hydrogen) atoms. The molecule has 0 saturated carbocycles. The highest BCUT2D eigenvalue weighted by molar-refractivity contribution is 5.68. The molecule has 16 nitrogen and oxygen atoms in total. The lowest BCUT2D eigenvalue weighted by Crippen LogP contribution is -2.08. The van der Waals surface area contributed by atoms with Crippen LogP contribution in [0.25, 0.3) is 0 Å². The van der Waals surface area contributed by atoms with Crippen LogP contribution < -0.4 is 31.9 Å². The Morgan fingerprint density at radius 2 is 0.481 bits per heavy atom. The van der Waals surface area contributed by atoms with Gasteiger partial charge in [0, 0.05) is 34.1 Å². The van der Waals surface area contributed by atoms with Gasteiger partial charge in [0.25, 0.3) is 0 Å². The number of phenolic OH excluding ortho intramolecular Hbond substituents is 4. The van der Waals surface area contributed by atoms with E-state index < -0.39 is 0 Å². The number of nitrogens with one attached hydrogen (secondary N) is 6. The number of phenols is 4. The van der Waals surface area contributed by atoms with E-state index in [-0.39, 0.29) is 58.7 Å². The second kappa shape index (κ2) is 14.7. The molecule has 0 bridgehead atoms. The quantitative estimate of drug-likeness (QED) is 0.0564. The van der Waals surface area contributed by atoms with E-state index in [0.717, 1.165) is 0 Å². The Hall–Kier alpha value is -7.88. The zero-order chi connectivity index (χ0) is 35.9. The summed E-state index contributed by atoms with van der Waals surface area (Å²) in [6, 6.07) is 33.1. The SMILES string of the molecule is Oc1ccc(Nc2nc(Nc3ccc(O)cc3)nc(Nc3cccc(Nc4nc(Nc5ccc(O)cc5)nc(Nc5ccc(O)cc5)n4)c3)n2)cc1. The Labute approximate surface area is 296 Å². The van der Waals surface area contributed by atoms with Crippen molar-refractivity contribution in [3.8, 4) is 23.0 Å². The smallest absolute Gasteiger partial charge is 0.233 e. The molecule has 0 aliphatic rings. The molecular formula is C36H30N12O4. The third-order valence-corrected chi connectivity index (χ3v) is 7.14. The fourth-order valence-electron chi connectivity index (χ4n) is 4.72. The van der Waals surface area contributed by atoms with Gasteiger partial charge in [0.05, 0.1) is 0 Å². The summed E-state index contributed by atoms with van der Waals surface area (Å²) in [7, 11) is 0. The highest BCUT2D eigenvalue weighted by Gasteiger charge is 2.12. The van der Waals surface area contributed by atoms with Crippen LogP contribution in [0.3, 0.4) is 0 Å². The van der Waals surface area contributed by atoms with Crippen molar-refractivity contribution in [3.63, 3.8) is 0 Å². The second-order valence-corrected chi connectivity index (χ2v) is 11.1. The van der Waals surface area contributed by atoms with Crippen LogP contribution in [-0.2, 0) is 0 Å². The van der Waals surface area contributed by atoms with Gasteiger partial charge in [-0.05, 0) is 115 Å². The minimum Gasteiger partial charge on any atom is -0.508 e. The van der Waals surface area contributed by atoms with Gasteiger partial charge < -0.3 is 52.3 Å². The largest absolute Gasteiger partial charge is 0.508 e. The van der Waals surface area contributed by atoms with Crippen LogP contribution in [0.1, 0.15) is 0 Å². The van der Waals surface area contributed by atoms with Crippen molar-refractivity contribution in [2.45, 2.75) is 0 Å². The highest BCUT2D eigenvalue weighted by atomic mass is 16.3. The van der Waals surface area contributed by atoms with Gasteiger partial charge in [-0.2, -0.15) is 29.9 Å². The molecule has 0 spiro atoms. The fraction of sp³-hybridized carbons (Fsp3) is 0. The number of aromatic nitrogens is 6. The number of anilines is 12. The molecule has 0 unspecified atom stereocenters. The lowest BCUT2D eigenvalue weighted by molar-refractivity contribution is 0.475. The Morgan fingerprint density at radius 1 is 0.269 bits per heavy atom. The molecule has 5 aromatic carbocycles. The first-order chi connectivity index (χ1) is 25.3. The summed E-state index contributed by atoms with van der Waals surface area (Å²) in [5.74, 6) is 1.84. The van der Waals surface area contributed by atoms with Gasteiger partial charge >= 0.3 is 0 Å². The molecule has 7 aromatic rings. The van der Waals surface area contributed by atoms with E-state index in [9.17, 15) is 20.4 Å². The molecule has 16 heteroatoms. The fourth-order valence-corrected chi connectivity index (χ4v) is 4.72. The molecule has 0 radical (unpaired) electrons. The summed E-state index contributed by atoms with van der Waals surface area (Å²) in [6.45, 7) is 0. The van der Waals surface area contributed by atoms with Crippen LogP contribution in [0.4, 0.5) is 69.8 Å². The average Bonchev–Trinajstić information content (AvgIpc) is 3.12. The first-order valence-electron chi connectivity index (χ1n) is 15.7. The Morgan fingerprint density at radius 3 is 0.712 bits per heavy atom. The molecule has 0 saturated heterocycles. The van der Waals surface area contributed by atoms with Gasteiger partial charge in [-0.25, -0.2) is 0 Å². The van der Waals surface area contributed by atoms with Gasteiger partial charge in [0.2, 0.25) is 35.7 Å². The Bertz CT molecular complexity index is 2000. The molecule has 0 fully saturated rings. The topological polar surface area (TPSA) is 230 Å². The van der Waals surface area contributed by atoms with Crippen molar-refractivity contribution in [2.24, 2.45) is 0 Å². The number of nitrogens with zero attached hydrogens (tertiary/aromatic N) is 6. The Balaban J connectivity index is 1.15. The molecule has 7 rings (SSSR count). The number of hydrogen-bond donors (Lipinski definition) is 10. The van der Waals surface area contributed by atoms with E-state index in [1.807, 2.05) is 24.3 Å². The lowest BCUT2D eigenvalue weighted by Gasteiger charge is -2.13. The number of rotatable bonds is 12. The molecule has 0 aliphatic heterocycles. The highest BCUT2D eigenvalue weighted by Crippen LogP contribution is 2.27. The van der Waals surface area contributed by atoms with Gasteiger partial charge in [-0.15, -0.1) is 0 Å². The van der Waals surface area contributed by atoms with E-state index in [2.05, 4.69) is 61.8 Å². The predicted molar refractivity (Wildman–Crippen MR) is 198 cm³/mol. The first-order valence-corrected chi connectivity index (χ1v) is 15.7. The van der Waals surface area contributed by atoms with Gasteiger partial charge in [-0.1, -0.05) is 6.07 Å². The van der Waals surface area contributed by atoms with E-state index in [0.29, 0.717) is 34.1 Å². The molecule has 0 atom stereocenters. The van der Waals surface area contributed by atoms with Crippen LogP contribution in [0.15, 0.2) is 121 Å². The van der Waals surface area contributed by atoms with Gasteiger partial charge in [0.15, 0.2) is 0 Å². The maximum atomic E-state index is 9.69. The third-order valence-electron chi connectivity index (χ3n) is 7.14. The molecule has 0 amide bonds. The van der Waals surface area contributed by atoms with Crippen molar-refractivity contribution in [2.75, 3.05) is 31.9 Å². The monoisotopic (exact) mass is 694 g/mol. The van der Waals surface area contributed by atoms with Crippen LogP contribution in [0.5, 0.6) is 23.0 Å². The van der Waals surface area contributed by atoms with Crippen LogP contribution >= 0.6 is 0 Å². The number of hydrogen-bond acceptors (Lipinski definition) is 16. The first kappa shape index (κ1) is 32.7. The predicted octanol–water partition coefficient (Wildman–Crippen LogP) is 7.34. The molecular weight excluding hydrogens is 664 g/mol. The second-order valence-electron chi connectivity index (χ2n) is 11.1. The normalized spacial score (nSPS) is 10.6. The van der Waals surface area contributed by atoms with Crippen LogP contribution in [0, 0.1) is 0 Å². The molecule has 258 valence electrons. The minimum absolute atomic E-state index is 0.124. The van der Waals surface area contributed by atoms with Crippen molar-refractivity contribution >= 4 is 69.8 Å². The molecule has 2 aromatic heterocycles. The zero-order valence-electron chi connectivity index (χ0n) is 27.0. The summed E-state index contributed by atoms with van der Waals surface area (Å²) in [5, 5.41) is 57.7.